The summed E-state index contributed by atoms with van der Waals surface area (Å²) in [5.74, 6) is 1.04. The Morgan fingerprint density at radius 3 is 2.94 bits per heavy atom. The molecule has 4 aromatic rings. The molecule has 33 heavy (non-hydrogen) atoms. The van der Waals surface area contributed by atoms with Gasteiger partial charge in [0.25, 0.3) is 5.91 Å². The molecule has 0 bridgehead atoms. The number of rotatable bonds is 6. The first-order valence-electron chi connectivity index (χ1n) is 11.3. The minimum Gasteiger partial charge on any atom is -0.486 e. The van der Waals surface area contributed by atoms with E-state index in [2.05, 4.69) is 26.5 Å². The van der Waals surface area contributed by atoms with Crippen LogP contribution in [-0.2, 0) is 13.0 Å². The van der Waals surface area contributed by atoms with Gasteiger partial charge in [-0.25, -0.2) is 14.1 Å². The zero-order valence-electron chi connectivity index (χ0n) is 18.6. The number of benzene rings is 1. The summed E-state index contributed by atoms with van der Waals surface area (Å²) < 4.78 is 12.4. The summed E-state index contributed by atoms with van der Waals surface area (Å²) in [5.41, 5.74) is 3.78. The molecule has 0 unspecified atom stereocenters. The van der Waals surface area contributed by atoms with Crippen LogP contribution >= 0.6 is 0 Å². The summed E-state index contributed by atoms with van der Waals surface area (Å²) in [4.78, 5) is 19.6. The molecule has 9 heteroatoms. The SMILES string of the molecule is Cc1nonc1COc1ccccc1C(=O)N1CCC[C@@H](Cc2ccc3nccn3n2)CC1. The average molecular weight is 447 g/mol. The van der Waals surface area contributed by atoms with E-state index in [1.165, 1.54) is 0 Å². The Hall–Kier alpha value is -3.75. The Balaban J connectivity index is 1.23. The Kier molecular flexibility index (Phi) is 6.01. The number of imidazole rings is 1. The summed E-state index contributed by atoms with van der Waals surface area (Å²) in [7, 11) is 0. The number of hydrogen-bond donors (Lipinski definition) is 0. The summed E-state index contributed by atoms with van der Waals surface area (Å²) in [6.07, 6.45) is 7.52. The van der Waals surface area contributed by atoms with Gasteiger partial charge in [0.15, 0.2) is 5.65 Å². The molecule has 0 aliphatic carbocycles. The fraction of sp³-hybridized carbons (Fsp3) is 0.375. The maximum atomic E-state index is 13.4. The normalized spacial score (nSPS) is 16.6. The van der Waals surface area contributed by atoms with E-state index in [9.17, 15) is 4.79 Å². The molecule has 0 spiro atoms. The van der Waals surface area contributed by atoms with Crippen LogP contribution in [0.3, 0.4) is 0 Å². The lowest BCUT2D eigenvalue weighted by Crippen LogP contribution is -2.32. The van der Waals surface area contributed by atoms with E-state index in [1.54, 1.807) is 6.20 Å². The minimum absolute atomic E-state index is 0.000732. The predicted octanol–water partition coefficient (Wildman–Crippen LogP) is 3.48. The highest BCUT2D eigenvalue weighted by Crippen LogP contribution is 2.26. The molecule has 0 saturated carbocycles. The number of ether oxygens (including phenoxy) is 1. The van der Waals surface area contributed by atoms with Crippen molar-refractivity contribution in [3.05, 3.63) is 71.4 Å². The van der Waals surface area contributed by atoms with Gasteiger partial charge in [0.1, 0.15) is 23.7 Å². The van der Waals surface area contributed by atoms with Gasteiger partial charge in [-0.05, 0) is 62.8 Å². The number of aromatic nitrogens is 5. The van der Waals surface area contributed by atoms with Crippen molar-refractivity contribution >= 4 is 11.6 Å². The van der Waals surface area contributed by atoms with Gasteiger partial charge in [-0.2, -0.15) is 5.10 Å². The molecule has 1 saturated heterocycles. The van der Waals surface area contributed by atoms with Gasteiger partial charge in [-0.3, -0.25) is 4.79 Å². The van der Waals surface area contributed by atoms with Crippen molar-refractivity contribution in [1.29, 1.82) is 0 Å². The molecule has 1 amide bonds. The average Bonchev–Trinajstić information content (AvgIpc) is 3.40. The predicted molar refractivity (Wildman–Crippen MR) is 120 cm³/mol. The fourth-order valence-electron chi connectivity index (χ4n) is 4.30. The lowest BCUT2D eigenvalue weighted by Gasteiger charge is -2.22. The molecule has 1 aliphatic rings. The molecular formula is C24H26N6O3. The van der Waals surface area contributed by atoms with Gasteiger partial charge >= 0.3 is 0 Å². The summed E-state index contributed by atoms with van der Waals surface area (Å²) in [6.45, 7) is 3.47. The maximum absolute atomic E-state index is 13.4. The molecule has 0 N–H and O–H groups in total. The van der Waals surface area contributed by atoms with E-state index < -0.39 is 0 Å². The van der Waals surface area contributed by atoms with Crippen LogP contribution in [0.15, 0.2) is 53.4 Å². The molecule has 5 rings (SSSR count). The highest BCUT2D eigenvalue weighted by Gasteiger charge is 2.24. The zero-order valence-corrected chi connectivity index (χ0v) is 18.6. The quantitative estimate of drug-likeness (QED) is 0.447. The van der Waals surface area contributed by atoms with Gasteiger partial charge in [0, 0.05) is 25.5 Å². The number of aryl methyl sites for hydroxylation is 1. The number of amides is 1. The summed E-state index contributed by atoms with van der Waals surface area (Å²) >= 11 is 0. The highest BCUT2D eigenvalue weighted by molar-refractivity contribution is 5.97. The standard InChI is InChI=1S/C24H26N6O3/c1-17-21(28-33-27-17)16-32-22-7-3-2-6-20(22)24(31)29-12-4-5-18(10-13-29)15-19-8-9-23-25-11-14-30(23)26-19/h2-3,6-9,11,14,18H,4-5,10,12-13,15-16H2,1H3/t18-/m1/s1. The monoisotopic (exact) mass is 446 g/mol. The summed E-state index contributed by atoms with van der Waals surface area (Å²) in [5, 5.41) is 12.3. The van der Waals surface area contributed by atoms with Gasteiger partial charge in [-0.15, -0.1) is 0 Å². The van der Waals surface area contributed by atoms with Crippen molar-refractivity contribution in [2.75, 3.05) is 13.1 Å². The third-order valence-electron chi connectivity index (χ3n) is 6.17. The van der Waals surface area contributed by atoms with Crippen molar-refractivity contribution in [3.63, 3.8) is 0 Å². The molecule has 1 fully saturated rings. The minimum atomic E-state index is -0.000732. The van der Waals surface area contributed by atoms with Crippen molar-refractivity contribution in [3.8, 4) is 5.75 Å². The molecule has 3 aromatic heterocycles. The number of para-hydroxylation sites is 1. The second kappa shape index (κ2) is 9.40. The first kappa shape index (κ1) is 21.1. The molecule has 1 aliphatic heterocycles. The van der Waals surface area contributed by atoms with Crippen LogP contribution in [0.1, 0.15) is 46.7 Å². The molecule has 9 nitrogen and oxygen atoms in total. The highest BCUT2D eigenvalue weighted by atomic mass is 16.6. The third kappa shape index (κ3) is 4.72. The van der Waals surface area contributed by atoms with Crippen LogP contribution in [0, 0.1) is 12.8 Å². The third-order valence-corrected chi connectivity index (χ3v) is 6.17. The molecule has 1 aromatic carbocycles. The molecule has 170 valence electrons. The second-order valence-electron chi connectivity index (χ2n) is 8.43. The van der Waals surface area contributed by atoms with E-state index in [0.717, 1.165) is 50.1 Å². The number of hydrogen-bond acceptors (Lipinski definition) is 7. The Morgan fingerprint density at radius 2 is 2.06 bits per heavy atom. The van der Waals surface area contributed by atoms with Crippen LogP contribution in [0.2, 0.25) is 0 Å². The maximum Gasteiger partial charge on any atom is 0.257 e. The molecule has 4 heterocycles. The van der Waals surface area contributed by atoms with E-state index in [1.807, 2.05) is 52.9 Å². The van der Waals surface area contributed by atoms with Crippen molar-refractivity contribution < 1.29 is 14.2 Å². The lowest BCUT2D eigenvalue weighted by molar-refractivity contribution is 0.0755. The van der Waals surface area contributed by atoms with E-state index in [0.29, 0.717) is 28.6 Å². The van der Waals surface area contributed by atoms with Gasteiger partial charge in [-0.1, -0.05) is 22.4 Å². The van der Waals surface area contributed by atoms with Crippen molar-refractivity contribution in [2.45, 2.75) is 39.2 Å². The Morgan fingerprint density at radius 1 is 1.15 bits per heavy atom. The van der Waals surface area contributed by atoms with Gasteiger partial charge in [0.05, 0.1) is 11.3 Å². The fourth-order valence-corrected chi connectivity index (χ4v) is 4.30. The van der Waals surface area contributed by atoms with Crippen LogP contribution in [0.25, 0.3) is 5.65 Å². The summed E-state index contributed by atoms with van der Waals surface area (Å²) in [6, 6.07) is 11.4. The van der Waals surface area contributed by atoms with E-state index in [-0.39, 0.29) is 12.5 Å². The molecule has 0 radical (unpaired) electrons. The van der Waals surface area contributed by atoms with Gasteiger partial charge < -0.3 is 9.64 Å². The number of fused-ring (bicyclic) bond motifs is 1. The zero-order chi connectivity index (χ0) is 22.6. The number of likely N-dealkylation sites (tertiary alicyclic amines) is 1. The van der Waals surface area contributed by atoms with Crippen molar-refractivity contribution in [1.82, 2.24) is 29.8 Å². The van der Waals surface area contributed by atoms with Crippen LogP contribution in [-0.4, -0.2) is 48.8 Å². The second-order valence-corrected chi connectivity index (χ2v) is 8.43. The number of carbonyl (C=O) groups is 1. The smallest absolute Gasteiger partial charge is 0.257 e. The van der Waals surface area contributed by atoms with Crippen LogP contribution in [0.4, 0.5) is 0 Å². The number of carbonyl (C=O) groups excluding carboxylic acids is 1. The molecular weight excluding hydrogens is 420 g/mol. The Bertz CT molecular complexity index is 1250. The van der Waals surface area contributed by atoms with Crippen LogP contribution in [0.5, 0.6) is 5.75 Å². The lowest BCUT2D eigenvalue weighted by atomic mass is 9.95. The first-order chi connectivity index (χ1) is 16.2. The van der Waals surface area contributed by atoms with Gasteiger partial charge in [0.2, 0.25) is 0 Å². The largest absolute Gasteiger partial charge is 0.486 e. The van der Waals surface area contributed by atoms with E-state index >= 15 is 0 Å². The van der Waals surface area contributed by atoms with E-state index in [4.69, 9.17) is 9.37 Å². The topological polar surface area (TPSA) is 98.6 Å². The first-order valence-corrected chi connectivity index (χ1v) is 11.3. The number of nitrogens with zero attached hydrogens (tertiary/aromatic N) is 6. The Labute approximate surface area is 191 Å². The molecule has 1 atom stereocenters. The van der Waals surface area contributed by atoms with Crippen LogP contribution < -0.4 is 4.74 Å². The van der Waals surface area contributed by atoms with Crippen molar-refractivity contribution in [2.24, 2.45) is 5.92 Å².